The van der Waals surface area contributed by atoms with Crippen molar-refractivity contribution in [1.82, 2.24) is 20.2 Å². The van der Waals surface area contributed by atoms with Gasteiger partial charge in [0.2, 0.25) is 11.9 Å². The molecule has 0 unspecified atom stereocenters. The number of hydrogen-bond acceptors (Lipinski definition) is 5. The number of nitrogens with two attached hydrogens (primary N) is 1. The van der Waals surface area contributed by atoms with Crippen molar-refractivity contribution in [3.8, 4) is 11.3 Å². The molecular weight excluding hydrogens is 280 g/mol. The number of hydrogen-bond donors (Lipinski definition) is 2. The average Bonchev–Trinajstić information content (AvgIpc) is 2.93. The Balaban J connectivity index is 1.85. The van der Waals surface area contributed by atoms with Gasteiger partial charge in [-0.05, 0) is 18.6 Å². The third-order valence-corrected chi connectivity index (χ3v) is 3.87. The van der Waals surface area contributed by atoms with Crippen LogP contribution < -0.4 is 10.6 Å². The van der Waals surface area contributed by atoms with E-state index in [-0.39, 0.29) is 0 Å². The Morgan fingerprint density at radius 1 is 1.18 bits per heavy atom. The summed E-state index contributed by atoms with van der Waals surface area (Å²) in [7, 11) is 0. The molecule has 3 aromatic rings. The van der Waals surface area contributed by atoms with Gasteiger partial charge in [0.15, 0.2) is 0 Å². The van der Waals surface area contributed by atoms with Gasteiger partial charge in [-0.15, -0.1) is 0 Å². The number of carbonyl (C=O) groups excluding carboxylic acids is 1. The third-order valence-electron chi connectivity index (χ3n) is 3.87. The lowest BCUT2D eigenvalue weighted by Gasteiger charge is -2.31. The maximum absolute atomic E-state index is 11.2. The Morgan fingerprint density at radius 3 is 2.59 bits per heavy atom. The summed E-state index contributed by atoms with van der Waals surface area (Å²) in [6, 6.07) is 7.07. The van der Waals surface area contributed by atoms with Gasteiger partial charge < -0.3 is 10.6 Å². The Hall–Kier alpha value is -2.96. The molecule has 0 bridgehead atoms. The lowest BCUT2D eigenvalue weighted by atomic mass is 10.1. The van der Waals surface area contributed by atoms with Gasteiger partial charge in [0.05, 0.1) is 6.20 Å². The van der Waals surface area contributed by atoms with Gasteiger partial charge in [-0.25, -0.2) is 9.97 Å². The number of aromatic nitrogens is 4. The normalized spacial score (nSPS) is 14.1. The number of nitrogens with zero attached hydrogens (tertiary/aromatic N) is 4. The minimum atomic E-state index is -0.442. The van der Waals surface area contributed by atoms with Gasteiger partial charge in [-0.2, -0.15) is 5.10 Å². The summed E-state index contributed by atoms with van der Waals surface area (Å²) in [4.78, 5) is 22.5. The lowest BCUT2D eigenvalue weighted by Crippen LogP contribution is -2.38. The van der Waals surface area contributed by atoms with Crippen molar-refractivity contribution in [2.24, 2.45) is 5.73 Å². The van der Waals surface area contributed by atoms with E-state index in [0.717, 1.165) is 41.8 Å². The fraction of sp³-hybridized carbons (Fsp3) is 0.200. The zero-order valence-corrected chi connectivity index (χ0v) is 11.8. The second-order valence-corrected chi connectivity index (χ2v) is 5.28. The van der Waals surface area contributed by atoms with Crippen molar-refractivity contribution < 1.29 is 4.79 Å². The van der Waals surface area contributed by atoms with Gasteiger partial charge in [0.25, 0.3) is 0 Å². The summed E-state index contributed by atoms with van der Waals surface area (Å²) in [6.45, 7) is 1.95. The Morgan fingerprint density at radius 2 is 1.95 bits per heavy atom. The molecule has 0 radical (unpaired) electrons. The smallest absolute Gasteiger partial charge is 0.248 e. The number of primary amides is 1. The van der Waals surface area contributed by atoms with Gasteiger partial charge in [-0.1, -0.05) is 12.1 Å². The van der Waals surface area contributed by atoms with Crippen LogP contribution in [-0.2, 0) is 0 Å². The number of carbonyl (C=O) groups is 1. The first kappa shape index (κ1) is 12.8. The summed E-state index contributed by atoms with van der Waals surface area (Å²) >= 11 is 0. The van der Waals surface area contributed by atoms with E-state index >= 15 is 0 Å². The van der Waals surface area contributed by atoms with Crippen LogP contribution in [0.2, 0.25) is 0 Å². The molecule has 2 aromatic heterocycles. The molecule has 110 valence electrons. The number of nitrogens with one attached hydrogen (secondary N) is 1. The molecule has 3 heterocycles. The van der Waals surface area contributed by atoms with E-state index in [4.69, 9.17) is 5.73 Å². The number of H-pyrrole nitrogens is 1. The molecule has 4 rings (SSSR count). The van der Waals surface area contributed by atoms with E-state index in [0.29, 0.717) is 11.5 Å². The van der Waals surface area contributed by atoms with Crippen molar-refractivity contribution >= 4 is 22.9 Å². The van der Waals surface area contributed by atoms with Crippen molar-refractivity contribution in [3.05, 3.63) is 36.0 Å². The first-order chi connectivity index (χ1) is 10.7. The molecule has 7 nitrogen and oxygen atoms in total. The fourth-order valence-electron chi connectivity index (χ4n) is 2.49. The lowest BCUT2D eigenvalue weighted by molar-refractivity contribution is 0.100. The first-order valence-electron chi connectivity index (χ1n) is 7.09. The van der Waals surface area contributed by atoms with Crippen LogP contribution in [0.15, 0.2) is 30.5 Å². The molecule has 1 aliphatic rings. The highest BCUT2D eigenvalue weighted by Gasteiger charge is 2.20. The maximum atomic E-state index is 11.2. The van der Waals surface area contributed by atoms with E-state index in [1.54, 1.807) is 18.3 Å². The molecule has 7 heteroatoms. The van der Waals surface area contributed by atoms with Crippen molar-refractivity contribution in [3.63, 3.8) is 0 Å². The van der Waals surface area contributed by atoms with E-state index in [2.05, 4.69) is 25.1 Å². The summed E-state index contributed by atoms with van der Waals surface area (Å²) in [5.74, 6) is 0.274. The van der Waals surface area contributed by atoms with Crippen LogP contribution in [0.3, 0.4) is 0 Å². The molecule has 0 aliphatic carbocycles. The third kappa shape index (κ3) is 1.98. The van der Waals surface area contributed by atoms with E-state index in [9.17, 15) is 4.79 Å². The largest absolute Gasteiger partial charge is 0.366 e. The van der Waals surface area contributed by atoms with Crippen LogP contribution in [0.4, 0.5) is 5.95 Å². The minimum absolute atomic E-state index is 0.442. The monoisotopic (exact) mass is 294 g/mol. The van der Waals surface area contributed by atoms with Crippen LogP contribution in [0, 0.1) is 0 Å². The molecule has 0 atom stereocenters. The number of fused-ring (bicyclic) bond motifs is 1. The zero-order chi connectivity index (χ0) is 15.1. The highest BCUT2D eigenvalue weighted by molar-refractivity contribution is 5.94. The molecule has 1 aromatic carbocycles. The standard InChI is InChI=1S/C15H14N6O/c16-14(22)10-4-2-9(3-5-10)12-13-11(8-17-20-13)18-15(19-12)21-6-1-7-21/h2-5,8H,1,6-7H2,(H2,16,22)(H,17,20). The van der Waals surface area contributed by atoms with Crippen LogP contribution in [-0.4, -0.2) is 39.2 Å². The summed E-state index contributed by atoms with van der Waals surface area (Å²) in [5.41, 5.74) is 8.99. The zero-order valence-electron chi connectivity index (χ0n) is 11.8. The van der Waals surface area contributed by atoms with E-state index < -0.39 is 5.91 Å². The Labute approximate surface area is 126 Å². The molecule has 3 N–H and O–H groups in total. The van der Waals surface area contributed by atoms with Crippen LogP contribution in [0.25, 0.3) is 22.3 Å². The molecule has 1 saturated heterocycles. The summed E-state index contributed by atoms with van der Waals surface area (Å²) in [6.07, 6.45) is 2.86. The minimum Gasteiger partial charge on any atom is -0.366 e. The molecule has 1 aliphatic heterocycles. The second kappa shape index (κ2) is 4.80. The fourth-order valence-corrected chi connectivity index (χ4v) is 2.49. The second-order valence-electron chi connectivity index (χ2n) is 5.28. The Kier molecular flexibility index (Phi) is 2.78. The molecule has 1 amide bonds. The Bertz CT molecular complexity index is 850. The number of amides is 1. The van der Waals surface area contributed by atoms with Crippen molar-refractivity contribution in [2.75, 3.05) is 18.0 Å². The summed E-state index contributed by atoms with van der Waals surface area (Å²) in [5, 5.41) is 7.00. The van der Waals surface area contributed by atoms with Gasteiger partial charge >= 0.3 is 0 Å². The number of aromatic amines is 1. The predicted molar refractivity (Wildman–Crippen MR) is 82.5 cm³/mol. The summed E-state index contributed by atoms with van der Waals surface area (Å²) < 4.78 is 0. The highest BCUT2D eigenvalue weighted by atomic mass is 16.1. The van der Waals surface area contributed by atoms with Gasteiger partial charge in [0, 0.05) is 24.2 Å². The van der Waals surface area contributed by atoms with Crippen LogP contribution in [0.1, 0.15) is 16.8 Å². The van der Waals surface area contributed by atoms with Crippen LogP contribution >= 0.6 is 0 Å². The molecule has 0 spiro atoms. The first-order valence-corrected chi connectivity index (χ1v) is 7.09. The molecule has 1 fully saturated rings. The van der Waals surface area contributed by atoms with Crippen molar-refractivity contribution in [1.29, 1.82) is 0 Å². The van der Waals surface area contributed by atoms with E-state index in [1.165, 1.54) is 0 Å². The van der Waals surface area contributed by atoms with Gasteiger partial charge in [-0.3, -0.25) is 9.89 Å². The predicted octanol–water partition coefficient (Wildman–Crippen LogP) is 1.33. The van der Waals surface area contributed by atoms with Crippen molar-refractivity contribution in [2.45, 2.75) is 6.42 Å². The highest BCUT2D eigenvalue weighted by Crippen LogP contribution is 2.28. The van der Waals surface area contributed by atoms with Crippen LogP contribution in [0.5, 0.6) is 0 Å². The maximum Gasteiger partial charge on any atom is 0.248 e. The topological polar surface area (TPSA) is 101 Å². The van der Waals surface area contributed by atoms with Gasteiger partial charge in [0.1, 0.15) is 16.7 Å². The average molecular weight is 294 g/mol. The molecule has 0 saturated carbocycles. The van der Waals surface area contributed by atoms with E-state index in [1.807, 2.05) is 12.1 Å². The SMILES string of the molecule is NC(=O)c1ccc(-c2nc(N3CCC3)nc3cn[nH]c23)cc1. The number of rotatable bonds is 3. The molecule has 22 heavy (non-hydrogen) atoms. The molecular formula is C15H14N6O. The quantitative estimate of drug-likeness (QED) is 0.759. The number of benzene rings is 1. The number of anilines is 1.